The Labute approximate surface area is 142 Å². The van der Waals surface area contributed by atoms with Gasteiger partial charge < -0.3 is 19.7 Å². The molecule has 1 aliphatic rings. The Morgan fingerprint density at radius 3 is 2.52 bits per heavy atom. The van der Waals surface area contributed by atoms with Gasteiger partial charge in [0.1, 0.15) is 5.60 Å². The van der Waals surface area contributed by atoms with Crippen molar-refractivity contribution in [3.8, 4) is 0 Å². The van der Waals surface area contributed by atoms with Crippen molar-refractivity contribution >= 4 is 6.09 Å². The second-order valence-electron chi connectivity index (χ2n) is 7.80. The molecule has 1 aliphatic carbocycles. The Kier molecular flexibility index (Phi) is 7.33. The third-order valence-corrected chi connectivity index (χ3v) is 4.88. The Hall–Kier alpha value is -0.810. The molecule has 23 heavy (non-hydrogen) atoms. The van der Waals surface area contributed by atoms with Crippen molar-refractivity contribution in [1.29, 1.82) is 0 Å². The number of hydrogen-bond donors (Lipinski definition) is 1. The molecule has 0 saturated heterocycles. The monoisotopic (exact) mass is 328 g/mol. The highest BCUT2D eigenvalue weighted by molar-refractivity contribution is 5.67. The van der Waals surface area contributed by atoms with Gasteiger partial charge in [0, 0.05) is 31.7 Å². The summed E-state index contributed by atoms with van der Waals surface area (Å²) in [6.45, 7) is 14.7. The SMILES string of the molecule is CCOC1CC(NCCCN(C)C(=O)OC(C)(C)C)C1(C)CC. The van der Waals surface area contributed by atoms with Gasteiger partial charge in [0.2, 0.25) is 0 Å². The van der Waals surface area contributed by atoms with Gasteiger partial charge in [-0.1, -0.05) is 13.8 Å². The van der Waals surface area contributed by atoms with Gasteiger partial charge in [0.25, 0.3) is 0 Å². The molecule has 0 bridgehead atoms. The van der Waals surface area contributed by atoms with Crippen molar-refractivity contribution in [3.05, 3.63) is 0 Å². The highest BCUT2D eigenvalue weighted by Crippen LogP contribution is 2.45. The summed E-state index contributed by atoms with van der Waals surface area (Å²) >= 11 is 0. The van der Waals surface area contributed by atoms with E-state index in [0.717, 1.165) is 32.4 Å². The molecule has 136 valence electrons. The lowest BCUT2D eigenvalue weighted by Gasteiger charge is -2.53. The normalized spacial score (nSPS) is 27.4. The van der Waals surface area contributed by atoms with Gasteiger partial charge in [-0.05, 0) is 53.5 Å². The van der Waals surface area contributed by atoms with Crippen molar-refractivity contribution in [1.82, 2.24) is 10.2 Å². The lowest BCUT2D eigenvalue weighted by Crippen LogP contribution is -2.62. The molecule has 0 spiro atoms. The third-order valence-electron chi connectivity index (χ3n) is 4.88. The molecule has 0 aromatic rings. The molecule has 3 atom stereocenters. The number of hydrogen-bond acceptors (Lipinski definition) is 4. The predicted molar refractivity (Wildman–Crippen MR) is 93.7 cm³/mol. The average Bonchev–Trinajstić information content (AvgIpc) is 2.46. The van der Waals surface area contributed by atoms with Crippen LogP contribution in [-0.4, -0.2) is 55.5 Å². The van der Waals surface area contributed by atoms with E-state index >= 15 is 0 Å². The van der Waals surface area contributed by atoms with Gasteiger partial charge in [0.05, 0.1) is 6.10 Å². The minimum Gasteiger partial charge on any atom is -0.444 e. The fourth-order valence-electron chi connectivity index (χ4n) is 3.09. The Morgan fingerprint density at radius 1 is 1.35 bits per heavy atom. The van der Waals surface area contributed by atoms with Crippen LogP contribution in [0.2, 0.25) is 0 Å². The molecule has 5 nitrogen and oxygen atoms in total. The Bertz CT molecular complexity index is 381. The topological polar surface area (TPSA) is 50.8 Å². The van der Waals surface area contributed by atoms with Crippen LogP contribution in [0.1, 0.15) is 60.8 Å². The minimum atomic E-state index is -0.438. The molecule has 0 aromatic carbocycles. The van der Waals surface area contributed by atoms with Crippen LogP contribution < -0.4 is 5.32 Å². The molecular formula is C18H36N2O3. The predicted octanol–water partition coefficient (Wildman–Crippen LogP) is 3.43. The van der Waals surface area contributed by atoms with Crippen LogP contribution in [0.3, 0.4) is 0 Å². The summed E-state index contributed by atoms with van der Waals surface area (Å²) in [6.07, 6.45) is 3.24. The summed E-state index contributed by atoms with van der Waals surface area (Å²) in [7, 11) is 1.79. The average molecular weight is 328 g/mol. The first-order chi connectivity index (χ1) is 10.6. The number of nitrogens with zero attached hydrogens (tertiary/aromatic N) is 1. The second-order valence-corrected chi connectivity index (χ2v) is 7.80. The van der Waals surface area contributed by atoms with Gasteiger partial charge in [-0.25, -0.2) is 4.79 Å². The van der Waals surface area contributed by atoms with Gasteiger partial charge in [-0.3, -0.25) is 0 Å². The molecule has 0 aliphatic heterocycles. The summed E-state index contributed by atoms with van der Waals surface area (Å²) in [5.41, 5.74) is -0.209. The van der Waals surface area contributed by atoms with Gasteiger partial charge in [0.15, 0.2) is 0 Å². The van der Waals surface area contributed by atoms with Crippen molar-refractivity contribution in [2.45, 2.75) is 78.6 Å². The maximum Gasteiger partial charge on any atom is 0.410 e. The largest absolute Gasteiger partial charge is 0.444 e. The Morgan fingerprint density at radius 2 is 2.00 bits per heavy atom. The Balaban J connectivity index is 2.26. The van der Waals surface area contributed by atoms with Crippen molar-refractivity contribution in [2.75, 3.05) is 26.7 Å². The molecule has 1 rings (SSSR count). The molecule has 0 aromatic heterocycles. The first kappa shape index (κ1) is 20.2. The fourth-order valence-corrected chi connectivity index (χ4v) is 3.09. The molecule has 1 amide bonds. The zero-order chi connectivity index (χ0) is 17.7. The zero-order valence-corrected chi connectivity index (χ0v) is 16.1. The molecule has 3 unspecified atom stereocenters. The molecule has 0 heterocycles. The summed E-state index contributed by atoms with van der Waals surface area (Å²) in [5, 5.41) is 3.63. The quantitative estimate of drug-likeness (QED) is 0.694. The highest BCUT2D eigenvalue weighted by atomic mass is 16.6. The van der Waals surface area contributed by atoms with Crippen LogP contribution in [0, 0.1) is 5.41 Å². The number of nitrogens with one attached hydrogen (secondary N) is 1. The second kappa shape index (κ2) is 8.34. The smallest absolute Gasteiger partial charge is 0.410 e. The van der Waals surface area contributed by atoms with Gasteiger partial charge in [-0.2, -0.15) is 0 Å². The molecule has 0 radical (unpaired) electrons. The van der Waals surface area contributed by atoms with Crippen LogP contribution in [0.15, 0.2) is 0 Å². The minimum absolute atomic E-state index is 0.229. The number of carbonyl (C=O) groups is 1. The van der Waals surface area contributed by atoms with E-state index in [4.69, 9.17) is 9.47 Å². The van der Waals surface area contributed by atoms with Crippen LogP contribution >= 0.6 is 0 Å². The van der Waals surface area contributed by atoms with Crippen molar-refractivity contribution in [2.24, 2.45) is 5.41 Å². The maximum atomic E-state index is 11.9. The lowest BCUT2D eigenvalue weighted by atomic mass is 9.61. The molecular weight excluding hydrogens is 292 g/mol. The van der Waals surface area contributed by atoms with E-state index in [2.05, 4.69) is 26.1 Å². The first-order valence-corrected chi connectivity index (χ1v) is 8.93. The van der Waals surface area contributed by atoms with Crippen molar-refractivity contribution < 1.29 is 14.3 Å². The van der Waals surface area contributed by atoms with Crippen LogP contribution in [0.4, 0.5) is 4.79 Å². The first-order valence-electron chi connectivity index (χ1n) is 8.93. The number of carbonyl (C=O) groups excluding carboxylic acids is 1. The number of ether oxygens (including phenoxy) is 2. The van der Waals surface area contributed by atoms with E-state index in [1.165, 1.54) is 0 Å². The molecule has 1 saturated carbocycles. The van der Waals surface area contributed by atoms with Crippen molar-refractivity contribution in [3.63, 3.8) is 0 Å². The molecule has 1 N–H and O–H groups in total. The number of amides is 1. The van der Waals surface area contributed by atoms with E-state index in [0.29, 0.717) is 18.7 Å². The van der Waals surface area contributed by atoms with E-state index in [1.807, 2.05) is 20.8 Å². The number of rotatable bonds is 8. The van der Waals surface area contributed by atoms with Gasteiger partial charge in [-0.15, -0.1) is 0 Å². The summed E-state index contributed by atoms with van der Waals surface area (Å²) < 4.78 is 11.2. The summed E-state index contributed by atoms with van der Waals surface area (Å²) in [5.74, 6) is 0. The zero-order valence-electron chi connectivity index (χ0n) is 16.1. The third kappa shape index (κ3) is 5.64. The van der Waals surface area contributed by atoms with E-state index in [9.17, 15) is 4.79 Å². The highest BCUT2D eigenvalue weighted by Gasteiger charge is 2.50. The molecule has 5 heteroatoms. The van der Waals surface area contributed by atoms with E-state index < -0.39 is 5.60 Å². The summed E-state index contributed by atoms with van der Waals surface area (Å²) in [6, 6.07) is 0.510. The summed E-state index contributed by atoms with van der Waals surface area (Å²) in [4.78, 5) is 13.5. The standard InChI is InChI=1S/C18H36N2O3/c1-8-18(6)14(13-15(18)22-9-2)19-11-10-12-20(7)16(21)23-17(3,4)5/h14-15,19H,8-13H2,1-7H3. The van der Waals surface area contributed by atoms with Gasteiger partial charge >= 0.3 is 6.09 Å². The molecule has 1 fully saturated rings. The maximum absolute atomic E-state index is 11.9. The van der Waals surface area contributed by atoms with E-state index in [-0.39, 0.29) is 11.5 Å². The fraction of sp³-hybridized carbons (Fsp3) is 0.944. The lowest BCUT2D eigenvalue weighted by molar-refractivity contribution is -0.125. The van der Waals surface area contributed by atoms with Crippen LogP contribution in [0.5, 0.6) is 0 Å². The van der Waals surface area contributed by atoms with Crippen LogP contribution in [0.25, 0.3) is 0 Å². The van der Waals surface area contributed by atoms with Crippen LogP contribution in [-0.2, 0) is 9.47 Å². The van der Waals surface area contributed by atoms with E-state index in [1.54, 1.807) is 11.9 Å².